The van der Waals surface area contributed by atoms with Gasteiger partial charge in [0.05, 0.1) is 11.7 Å². The number of hydrazone groups is 1. The minimum Gasteiger partial charge on any atom is -0.487 e. The van der Waals surface area contributed by atoms with Gasteiger partial charge in [-0.15, -0.1) is 13.2 Å². The molecule has 0 saturated heterocycles. The lowest BCUT2D eigenvalue weighted by Crippen LogP contribution is -2.24. The number of anilines is 1. The van der Waals surface area contributed by atoms with Gasteiger partial charge in [-0.3, -0.25) is 10.1 Å². The topological polar surface area (TPSA) is 72.7 Å². The second-order valence-corrected chi connectivity index (χ2v) is 8.65. The van der Waals surface area contributed by atoms with Crippen molar-refractivity contribution in [3.8, 4) is 11.5 Å². The van der Waals surface area contributed by atoms with Gasteiger partial charge in [-0.05, 0) is 73.1 Å². The summed E-state index contributed by atoms with van der Waals surface area (Å²) in [5.74, 6) is 0.0854. The molecule has 2 N–H and O–H groups in total. The minimum absolute atomic E-state index is 0.143. The largest absolute Gasteiger partial charge is 0.573 e. The molecule has 0 fully saturated rings. The second kappa shape index (κ2) is 10.9. The van der Waals surface area contributed by atoms with E-state index in [2.05, 4.69) is 25.7 Å². The van der Waals surface area contributed by atoms with E-state index in [4.69, 9.17) is 17.0 Å². The molecule has 0 aliphatic rings. The van der Waals surface area contributed by atoms with Crippen LogP contribution in [-0.2, 0) is 13.7 Å². The molecule has 0 aliphatic carbocycles. The average Bonchev–Trinajstić information content (AvgIpc) is 3.15. The number of hydrogen-bond donors (Lipinski definition) is 2. The van der Waals surface area contributed by atoms with E-state index < -0.39 is 6.36 Å². The summed E-state index contributed by atoms with van der Waals surface area (Å²) >= 11 is 5.35. The highest BCUT2D eigenvalue weighted by atomic mass is 32.1. The van der Waals surface area contributed by atoms with Crippen molar-refractivity contribution in [1.29, 1.82) is 0 Å². The van der Waals surface area contributed by atoms with Crippen LogP contribution in [0.5, 0.6) is 11.5 Å². The molecule has 0 amide bonds. The maximum absolute atomic E-state index is 12.3. The van der Waals surface area contributed by atoms with E-state index in [9.17, 15) is 13.2 Å². The van der Waals surface area contributed by atoms with Crippen LogP contribution >= 0.6 is 12.2 Å². The van der Waals surface area contributed by atoms with Gasteiger partial charge in [0.15, 0.2) is 5.11 Å². The van der Waals surface area contributed by atoms with Gasteiger partial charge >= 0.3 is 6.36 Å². The van der Waals surface area contributed by atoms with E-state index in [0.29, 0.717) is 16.6 Å². The molecule has 4 aromatic rings. The third-order valence-electron chi connectivity index (χ3n) is 5.48. The Balaban J connectivity index is 1.38. The van der Waals surface area contributed by atoms with Gasteiger partial charge < -0.3 is 14.8 Å². The lowest BCUT2D eigenvalue weighted by Gasteiger charge is -2.12. The van der Waals surface area contributed by atoms with Crippen LogP contribution in [0.25, 0.3) is 10.9 Å². The maximum Gasteiger partial charge on any atom is 0.573 e. The average molecular weight is 528 g/mol. The quantitative estimate of drug-likeness (QED) is 0.175. The van der Waals surface area contributed by atoms with Crippen LogP contribution in [0.15, 0.2) is 65.8 Å². The first-order valence-corrected chi connectivity index (χ1v) is 11.6. The molecule has 0 atom stereocenters. The first-order valence-electron chi connectivity index (χ1n) is 11.2. The van der Waals surface area contributed by atoms with Gasteiger partial charge in [0.2, 0.25) is 0 Å². The number of hydrogen-bond acceptors (Lipinski definition) is 5. The van der Waals surface area contributed by atoms with Crippen molar-refractivity contribution in [3.05, 3.63) is 83.0 Å². The molecule has 4 rings (SSSR count). The summed E-state index contributed by atoms with van der Waals surface area (Å²) in [6.45, 7) is 4.16. The molecule has 0 spiro atoms. The Labute approximate surface area is 216 Å². The summed E-state index contributed by atoms with van der Waals surface area (Å²) in [6, 6.07) is 17.0. The van der Waals surface area contributed by atoms with Crippen molar-refractivity contribution < 1.29 is 22.6 Å². The Hall–Kier alpha value is -4.12. The zero-order valence-electron chi connectivity index (χ0n) is 20.3. The van der Waals surface area contributed by atoms with Crippen LogP contribution in [0.4, 0.5) is 18.9 Å². The van der Waals surface area contributed by atoms with Crippen molar-refractivity contribution >= 4 is 40.1 Å². The lowest BCUT2D eigenvalue weighted by atomic mass is 10.1. The van der Waals surface area contributed by atoms with Crippen molar-refractivity contribution in [1.82, 2.24) is 15.2 Å². The van der Waals surface area contributed by atoms with E-state index in [0.717, 1.165) is 33.3 Å². The molecule has 3 aromatic carbocycles. The van der Waals surface area contributed by atoms with E-state index in [1.54, 1.807) is 10.9 Å². The monoisotopic (exact) mass is 527 g/mol. The van der Waals surface area contributed by atoms with Crippen LogP contribution in [0, 0.1) is 13.8 Å². The predicted octanol–water partition coefficient (Wildman–Crippen LogP) is 5.99. The van der Waals surface area contributed by atoms with Gasteiger partial charge in [-0.2, -0.15) is 10.2 Å². The molecule has 7 nitrogen and oxygen atoms in total. The second-order valence-electron chi connectivity index (χ2n) is 8.25. The molecule has 37 heavy (non-hydrogen) atoms. The lowest BCUT2D eigenvalue weighted by molar-refractivity contribution is -0.274. The standard InChI is InChI=1S/C26H24F3N5O2S/c1-16-5-4-6-17(2)24(16)31-25(37)32-30-14-18-7-12-21-22(33-34(3)23(21)13-18)15-35-19-8-10-20(11-9-19)36-26(27,28)29/h4-14H,15H2,1-3H3,(H2,31,32,37)/b30-14+. The molecular weight excluding hydrogens is 503 g/mol. The molecule has 0 aliphatic heterocycles. The number of aromatic nitrogens is 2. The SMILES string of the molecule is Cc1cccc(C)c1NC(=S)N/N=C/c1ccc2c(COc3ccc(OC(F)(F)F)cc3)nn(C)c2c1. The molecule has 11 heteroatoms. The van der Waals surface area contributed by atoms with Gasteiger partial charge in [-0.1, -0.05) is 30.3 Å². The molecule has 0 radical (unpaired) electrons. The highest BCUT2D eigenvalue weighted by Gasteiger charge is 2.31. The third kappa shape index (κ3) is 6.76. The fourth-order valence-electron chi connectivity index (χ4n) is 3.74. The van der Waals surface area contributed by atoms with Crippen molar-refractivity contribution in [2.45, 2.75) is 26.8 Å². The highest BCUT2D eigenvalue weighted by Crippen LogP contribution is 2.26. The number of alkyl halides is 3. The number of nitrogens with one attached hydrogen (secondary N) is 2. The van der Waals surface area contributed by atoms with Crippen molar-refractivity contribution in [3.63, 3.8) is 0 Å². The first-order chi connectivity index (χ1) is 17.6. The van der Waals surface area contributed by atoms with E-state index >= 15 is 0 Å². The minimum atomic E-state index is -4.74. The predicted molar refractivity (Wildman–Crippen MR) is 141 cm³/mol. The highest BCUT2D eigenvalue weighted by molar-refractivity contribution is 7.80. The van der Waals surface area contributed by atoms with Crippen LogP contribution in [0.3, 0.4) is 0 Å². The Bertz CT molecular complexity index is 1430. The number of ether oxygens (including phenoxy) is 2. The normalized spacial score (nSPS) is 11.6. The fraction of sp³-hybridized carbons (Fsp3) is 0.192. The van der Waals surface area contributed by atoms with E-state index in [1.165, 1.54) is 24.3 Å². The fourth-order valence-corrected chi connectivity index (χ4v) is 3.90. The summed E-state index contributed by atoms with van der Waals surface area (Å²) < 4.78 is 48.3. The number of benzene rings is 3. The number of thiocarbonyl (C=S) groups is 1. The molecule has 0 unspecified atom stereocenters. The summed E-state index contributed by atoms with van der Waals surface area (Å²) in [6.07, 6.45) is -3.08. The van der Waals surface area contributed by atoms with Crippen LogP contribution < -0.4 is 20.2 Å². The number of rotatable bonds is 7. The summed E-state index contributed by atoms with van der Waals surface area (Å²) in [7, 11) is 1.82. The smallest absolute Gasteiger partial charge is 0.487 e. The van der Waals surface area contributed by atoms with Crippen LogP contribution in [-0.4, -0.2) is 27.5 Å². The molecule has 1 heterocycles. The van der Waals surface area contributed by atoms with Crippen molar-refractivity contribution in [2.75, 3.05) is 5.32 Å². The van der Waals surface area contributed by atoms with Crippen molar-refractivity contribution in [2.24, 2.45) is 12.1 Å². The molecular formula is C26H24F3N5O2S. The van der Waals surface area contributed by atoms with Gasteiger partial charge in [0, 0.05) is 18.1 Å². The number of fused-ring (bicyclic) bond motifs is 1. The van der Waals surface area contributed by atoms with Crippen LogP contribution in [0.1, 0.15) is 22.4 Å². The Morgan fingerprint density at radius 1 is 1.05 bits per heavy atom. The van der Waals surface area contributed by atoms with Crippen LogP contribution in [0.2, 0.25) is 0 Å². The Morgan fingerprint density at radius 3 is 2.41 bits per heavy atom. The Kier molecular flexibility index (Phi) is 7.63. The van der Waals surface area contributed by atoms with E-state index in [-0.39, 0.29) is 12.4 Å². The zero-order chi connectivity index (χ0) is 26.6. The first kappa shape index (κ1) is 26.0. The summed E-state index contributed by atoms with van der Waals surface area (Å²) in [5.41, 5.74) is 8.35. The molecule has 0 bridgehead atoms. The summed E-state index contributed by atoms with van der Waals surface area (Å²) in [4.78, 5) is 0. The van der Waals surface area contributed by atoms with Gasteiger partial charge in [0.25, 0.3) is 0 Å². The number of para-hydroxylation sites is 1. The van der Waals surface area contributed by atoms with Gasteiger partial charge in [0.1, 0.15) is 23.8 Å². The third-order valence-corrected chi connectivity index (χ3v) is 5.68. The van der Waals surface area contributed by atoms with E-state index in [1.807, 2.05) is 57.3 Å². The zero-order valence-corrected chi connectivity index (χ0v) is 21.1. The number of halogens is 3. The number of aryl methyl sites for hydroxylation is 3. The summed E-state index contributed by atoms with van der Waals surface area (Å²) in [5, 5.41) is 13.2. The Morgan fingerprint density at radius 2 is 1.73 bits per heavy atom. The molecule has 0 saturated carbocycles. The van der Waals surface area contributed by atoms with Gasteiger partial charge in [-0.25, -0.2) is 0 Å². The molecule has 192 valence electrons. The molecule has 1 aromatic heterocycles. The number of nitrogens with zero attached hydrogens (tertiary/aromatic N) is 3. The maximum atomic E-state index is 12.3.